The van der Waals surface area contributed by atoms with Crippen LogP contribution in [0.25, 0.3) is 10.9 Å². The molecule has 2 aromatic rings. The fourth-order valence-electron chi connectivity index (χ4n) is 1.65. The van der Waals surface area contributed by atoms with Gasteiger partial charge in [0.2, 0.25) is 0 Å². The number of hydrogen-bond acceptors (Lipinski definition) is 5. The first-order valence-corrected chi connectivity index (χ1v) is 6.19. The molecule has 0 atom stereocenters. The summed E-state index contributed by atoms with van der Waals surface area (Å²) in [5.74, 6) is -0.232. The second kappa shape index (κ2) is 5.14. The highest BCUT2D eigenvalue weighted by atomic mass is 32.1. The summed E-state index contributed by atoms with van der Waals surface area (Å²) in [5.41, 5.74) is 0.968. The number of anilines is 1. The van der Waals surface area contributed by atoms with E-state index < -0.39 is 0 Å². The van der Waals surface area contributed by atoms with Crippen molar-refractivity contribution in [2.75, 3.05) is 25.1 Å². The first-order chi connectivity index (χ1) is 8.26. The van der Waals surface area contributed by atoms with Gasteiger partial charge in [0.1, 0.15) is 11.5 Å². The fraction of sp³-hybridized carbons (Fsp3) is 0.333. The highest BCUT2D eigenvalue weighted by Crippen LogP contribution is 2.30. The third-order valence-electron chi connectivity index (χ3n) is 2.58. The van der Waals surface area contributed by atoms with E-state index in [0.717, 1.165) is 22.4 Å². The molecule has 0 saturated carbocycles. The van der Waals surface area contributed by atoms with Crippen LogP contribution in [0.2, 0.25) is 0 Å². The maximum Gasteiger partial charge on any atom is 0.325 e. The fourth-order valence-corrected chi connectivity index (χ4v) is 2.58. The lowest BCUT2D eigenvalue weighted by atomic mass is 10.2. The molecule has 0 spiro atoms. The molecule has 0 bridgehead atoms. The van der Waals surface area contributed by atoms with Gasteiger partial charge in [0, 0.05) is 11.9 Å². The Morgan fingerprint density at radius 3 is 2.94 bits per heavy atom. The number of likely N-dealkylation sites (N-methyl/N-ethyl adjacent to an activating group) is 1. The number of fused-ring (bicyclic) bond motifs is 1. The summed E-state index contributed by atoms with van der Waals surface area (Å²) in [6.07, 6.45) is 0. The Morgan fingerprint density at radius 2 is 2.24 bits per heavy atom. The van der Waals surface area contributed by atoms with Gasteiger partial charge in [-0.2, -0.15) is 4.37 Å². The monoisotopic (exact) mass is 250 g/mol. The molecule has 1 heterocycles. The van der Waals surface area contributed by atoms with Gasteiger partial charge in [-0.1, -0.05) is 12.1 Å². The summed E-state index contributed by atoms with van der Waals surface area (Å²) < 4.78 is 9.06. The van der Waals surface area contributed by atoms with Gasteiger partial charge in [-0.05, 0) is 30.6 Å². The van der Waals surface area contributed by atoms with Crippen LogP contribution in [0.15, 0.2) is 24.3 Å². The van der Waals surface area contributed by atoms with E-state index in [1.54, 1.807) is 0 Å². The number of aromatic nitrogens is 1. The zero-order valence-electron chi connectivity index (χ0n) is 9.84. The standard InChI is InChI=1S/C12H14N2O2S/c1-3-14(8-11(15)16-2)12-9-6-4-5-7-10(9)13-17-12/h4-7H,3,8H2,1-2H3. The van der Waals surface area contributed by atoms with Crippen molar-refractivity contribution in [2.45, 2.75) is 6.92 Å². The van der Waals surface area contributed by atoms with E-state index in [9.17, 15) is 4.79 Å². The van der Waals surface area contributed by atoms with E-state index in [0.29, 0.717) is 0 Å². The average Bonchev–Trinajstić information content (AvgIpc) is 2.79. The first kappa shape index (κ1) is 11.9. The minimum atomic E-state index is -0.232. The summed E-state index contributed by atoms with van der Waals surface area (Å²) in [6.45, 7) is 3.03. The number of carbonyl (C=O) groups is 1. The number of benzene rings is 1. The molecule has 0 saturated heterocycles. The smallest absolute Gasteiger partial charge is 0.325 e. The highest BCUT2D eigenvalue weighted by molar-refractivity contribution is 7.11. The number of esters is 1. The number of rotatable bonds is 4. The average molecular weight is 250 g/mol. The third kappa shape index (κ3) is 2.39. The van der Waals surface area contributed by atoms with E-state index in [1.165, 1.54) is 18.6 Å². The van der Waals surface area contributed by atoms with Crippen LogP contribution >= 0.6 is 11.5 Å². The lowest BCUT2D eigenvalue weighted by Gasteiger charge is -2.19. The zero-order valence-corrected chi connectivity index (χ0v) is 10.7. The molecule has 4 nitrogen and oxygen atoms in total. The molecular weight excluding hydrogens is 236 g/mol. The van der Waals surface area contributed by atoms with E-state index in [1.807, 2.05) is 36.1 Å². The van der Waals surface area contributed by atoms with Crippen LogP contribution in [0, 0.1) is 0 Å². The zero-order chi connectivity index (χ0) is 12.3. The Kier molecular flexibility index (Phi) is 3.58. The van der Waals surface area contributed by atoms with Crippen LogP contribution in [0.4, 0.5) is 5.00 Å². The lowest BCUT2D eigenvalue weighted by Crippen LogP contribution is -2.29. The number of ether oxygens (including phenoxy) is 1. The summed E-state index contributed by atoms with van der Waals surface area (Å²) in [7, 11) is 1.40. The summed E-state index contributed by atoms with van der Waals surface area (Å²) in [4.78, 5) is 13.3. The number of methoxy groups -OCH3 is 1. The molecule has 5 heteroatoms. The molecule has 0 unspecified atom stereocenters. The van der Waals surface area contributed by atoms with Crippen LogP contribution in [-0.4, -0.2) is 30.5 Å². The Bertz CT molecular complexity index is 524. The highest BCUT2D eigenvalue weighted by Gasteiger charge is 2.15. The Balaban J connectivity index is 2.33. The Labute approximate surface area is 104 Å². The SMILES string of the molecule is CCN(CC(=O)OC)c1snc2ccccc12. The van der Waals surface area contributed by atoms with Crippen molar-refractivity contribution in [1.29, 1.82) is 0 Å². The Morgan fingerprint density at radius 1 is 1.47 bits per heavy atom. The normalized spacial score (nSPS) is 10.5. The maximum atomic E-state index is 11.3. The summed E-state index contributed by atoms with van der Waals surface area (Å²) in [6, 6.07) is 7.93. The molecule has 1 aromatic carbocycles. The van der Waals surface area contributed by atoms with E-state index in [2.05, 4.69) is 4.37 Å². The van der Waals surface area contributed by atoms with Gasteiger partial charge in [0.15, 0.2) is 0 Å². The van der Waals surface area contributed by atoms with Gasteiger partial charge in [0.25, 0.3) is 0 Å². The molecule has 0 aliphatic heterocycles. The van der Waals surface area contributed by atoms with E-state index in [-0.39, 0.29) is 12.5 Å². The molecule has 2 rings (SSSR count). The number of hydrogen-bond donors (Lipinski definition) is 0. The second-order valence-corrected chi connectivity index (χ2v) is 4.35. The lowest BCUT2D eigenvalue weighted by molar-refractivity contribution is -0.138. The molecular formula is C12H14N2O2S. The van der Waals surface area contributed by atoms with Crippen LogP contribution < -0.4 is 4.90 Å². The van der Waals surface area contributed by atoms with Crippen LogP contribution in [0.3, 0.4) is 0 Å². The van der Waals surface area contributed by atoms with Crippen LogP contribution in [-0.2, 0) is 9.53 Å². The van der Waals surface area contributed by atoms with E-state index in [4.69, 9.17) is 4.74 Å². The molecule has 0 radical (unpaired) electrons. The van der Waals surface area contributed by atoms with Crippen molar-refractivity contribution in [1.82, 2.24) is 4.37 Å². The molecule has 0 aliphatic rings. The molecule has 0 aliphatic carbocycles. The minimum Gasteiger partial charge on any atom is -0.468 e. The molecule has 0 amide bonds. The quantitative estimate of drug-likeness (QED) is 0.781. The van der Waals surface area contributed by atoms with Crippen molar-refractivity contribution in [3.63, 3.8) is 0 Å². The predicted molar refractivity (Wildman–Crippen MR) is 69.5 cm³/mol. The van der Waals surface area contributed by atoms with Crippen molar-refractivity contribution >= 4 is 33.4 Å². The van der Waals surface area contributed by atoms with Crippen LogP contribution in [0.1, 0.15) is 6.92 Å². The molecule has 1 aromatic heterocycles. The Hall–Kier alpha value is -1.62. The minimum absolute atomic E-state index is 0.232. The summed E-state index contributed by atoms with van der Waals surface area (Å²) >= 11 is 1.42. The van der Waals surface area contributed by atoms with E-state index >= 15 is 0 Å². The van der Waals surface area contributed by atoms with Gasteiger partial charge < -0.3 is 9.64 Å². The van der Waals surface area contributed by atoms with Gasteiger partial charge >= 0.3 is 5.97 Å². The van der Waals surface area contributed by atoms with Crippen molar-refractivity contribution in [3.05, 3.63) is 24.3 Å². The molecule has 17 heavy (non-hydrogen) atoms. The van der Waals surface area contributed by atoms with Gasteiger partial charge in [0.05, 0.1) is 12.6 Å². The molecule has 0 N–H and O–H groups in total. The molecule has 90 valence electrons. The van der Waals surface area contributed by atoms with Gasteiger partial charge in [-0.3, -0.25) is 4.79 Å². The maximum absolute atomic E-state index is 11.3. The second-order valence-electron chi connectivity index (χ2n) is 3.60. The summed E-state index contributed by atoms with van der Waals surface area (Å²) in [5, 5.41) is 2.11. The molecule has 0 fully saturated rings. The largest absolute Gasteiger partial charge is 0.468 e. The van der Waals surface area contributed by atoms with Gasteiger partial charge in [-0.25, -0.2) is 0 Å². The first-order valence-electron chi connectivity index (χ1n) is 5.42. The third-order valence-corrected chi connectivity index (χ3v) is 3.52. The van der Waals surface area contributed by atoms with Crippen LogP contribution in [0.5, 0.6) is 0 Å². The topological polar surface area (TPSA) is 42.4 Å². The van der Waals surface area contributed by atoms with Gasteiger partial charge in [-0.15, -0.1) is 0 Å². The van der Waals surface area contributed by atoms with Crippen molar-refractivity contribution < 1.29 is 9.53 Å². The van der Waals surface area contributed by atoms with Crippen molar-refractivity contribution in [3.8, 4) is 0 Å². The number of nitrogens with zero attached hydrogens (tertiary/aromatic N) is 2. The number of carbonyl (C=O) groups excluding carboxylic acids is 1. The van der Waals surface area contributed by atoms with Crippen molar-refractivity contribution in [2.24, 2.45) is 0 Å². The predicted octanol–water partition coefficient (Wildman–Crippen LogP) is 2.30.